The number of hydrogen-bond acceptors (Lipinski definition) is 2. The van der Waals surface area contributed by atoms with Gasteiger partial charge in [0.25, 0.3) is 0 Å². The molecule has 0 amide bonds. The summed E-state index contributed by atoms with van der Waals surface area (Å²) >= 11 is 17.5. The van der Waals surface area contributed by atoms with E-state index in [-0.39, 0.29) is 10.9 Å². The zero-order valence-electron chi connectivity index (χ0n) is 8.45. The first-order valence-corrected chi connectivity index (χ1v) is 5.82. The lowest BCUT2D eigenvalue weighted by Crippen LogP contribution is -2.02. The van der Waals surface area contributed by atoms with Gasteiger partial charge in [-0.25, -0.2) is 4.98 Å². The molecule has 86 valence electrons. The van der Waals surface area contributed by atoms with Crippen molar-refractivity contribution in [2.24, 2.45) is 0 Å². The third-order valence-electron chi connectivity index (χ3n) is 2.16. The van der Waals surface area contributed by atoms with Crippen LogP contribution in [0.25, 0.3) is 0 Å². The van der Waals surface area contributed by atoms with Gasteiger partial charge in [-0.1, -0.05) is 34.8 Å². The summed E-state index contributed by atoms with van der Waals surface area (Å²) in [6, 6.07) is 7.80. The van der Waals surface area contributed by atoms with Gasteiger partial charge in [0.15, 0.2) is 5.78 Å². The van der Waals surface area contributed by atoms with E-state index in [1.165, 1.54) is 18.3 Å². The number of pyridine rings is 1. The van der Waals surface area contributed by atoms with E-state index in [0.29, 0.717) is 21.2 Å². The Kier molecular flexibility index (Phi) is 3.67. The lowest BCUT2D eigenvalue weighted by atomic mass is 10.0. The molecule has 2 aromatic rings. The predicted molar refractivity (Wildman–Crippen MR) is 69.1 cm³/mol. The second kappa shape index (κ2) is 5.05. The quantitative estimate of drug-likeness (QED) is 0.609. The van der Waals surface area contributed by atoms with Crippen LogP contribution in [0, 0.1) is 0 Å². The van der Waals surface area contributed by atoms with Crippen LogP contribution in [-0.4, -0.2) is 10.8 Å². The molecule has 0 saturated heterocycles. The Labute approximate surface area is 113 Å². The molecular weight excluding hydrogens is 280 g/mol. The van der Waals surface area contributed by atoms with Gasteiger partial charge in [-0.2, -0.15) is 0 Å². The Bertz CT molecular complexity index is 584. The molecule has 0 aliphatic heterocycles. The topological polar surface area (TPSA) is 30.0 Å². The first-order valence-electron chi connectivity index (χ1n) is 4.69. The average molecular weight is 287 g/mol. The van der Waals surface area contributed by atoms with E-state index in [2.05, 4.69) is 4.98 Å². The summed E-state index contributed by atoms with van der Waals surface area (Å²) in [6.07, 6.45) is 1.47. The van der Waals surface area contributed by atoms with E-state index < -0.39 is 0 Å². The average Bonchev–Trinajstić information content (AvgIpc) is 2.31. The minimum absolute atomic E-state index is 0.234. The monoisotopic (exact) mass is 285 g/mol. The second-order valence-electron chi connectivity index (χ2n) is 3.32. The van der Waals surface area contributed by atoms with E-state index in [1.807, 2.05) is 0 Å². The van der Waals surface area contributed by atoms with Crippen molar-refractivity contribution in [1.29, 1.82) is 0 Å². The Morgan fingerprint density at radius 3 is 2.53 bits per heavy atom. The first-order chi connectivity index (χ1) is 8.08. The molecule has 0 aliphatic rings. The van der Waals surface area contributed by atoms with Gasteiger partial charge < -0.3 is 0 Å². The summed E-state index contributed by atoms with van der Waals surface area (Å²) in [5.74, 6) is -0.234. The molecule has 1 aromatic heterocycles. The molecule has 0 atom stereocenters. The maximum Gasteiger partial charge on any atom is 0.194 e. The number of rotatable bonds is 2. The summed E-state index contributed by atoms with van der Waals surface area (Å²) in [6.45, 7) is 0. The Hall–Kier alpha value is -1.09. The van der Waals surface area contributed by atoms with Gasteiger partial charge in [0.2, 0.25) is 0 Å². The molecule has 17 heavy (non-hydrogen) atoms. The Morgan fingerprint density at radius 2 is 1.82 bits per heavy atom. The van der Waals surface area contributed by atoms with Crippen molar-refractivity contribution in [3.8, 4) is 0 Å². The molecule has 0 spiro atoms. The van der Waals surface area contributed by atoms with Crippen LogP contribution in [0.3, 0.4) is 0 Å². The van der Waals surface area contributed by atoms with Crippen LogP contribution in [0.1, 0.15) is 15.9 Å². The van der Waals surface area contributed by atoms with Crippen LogP contribution >= 0.6 is 34.8 Å². The van der Waals surface area contributed by atoms with Crippen LogP contribution in [0.5, 0.6) is 0 Å². The lowest BCUT2D eigenvalue weighted by Gasteiger charge is -2.04. The molecule has 2 nitrogen and oxygen atoms in total. The molecule has 0 unspecified atom stereocenters. The highest BCUT2D eigenvalue weighted by Crippen LogP contribution is 2.23. The van der Waals surface area contributed by atoms with Crippen LogP contribution < -0.4 is 0 Å². The third-order valence-corrected chi connectivity index (χ3v) is 2.93. The number of nitrogens with zero attached hydrogens (tertiary/aromatic N) is 1. The fourth-order valence-corrected chi connectivity index (χ4v) is 1.92. The summed E-state index contributed by atoms with van der Waals surface area (Å²) < 4.78 is 0. The minimum atomic E-state index is -0.234. The number of carbonyl (C=O) groups is 1. The highest BCUT2D eigenvalue weighted by atomic mass is 35.5. The maximum atomic E-state index is 12.1. The van der Waals surface area contributed by atoms with Crippen LogP contribution in [-0.2, 0) is 0 Å². The molecule has 1 heterocycles. The molecule has 0 N–H and O–H groups in total. The molecule has 0 fully saturated rings. The smallest absolute Gasteiger partial charge is 0.194 e. The summed E-state index contributed by atoms with van der Waals surface area (Å²) in [4.78, 5) is 16.0. The molecule has 1 aromatic carbocycles. The normalized spacial score (nSPS) is 10.3. The minimum Gasteiger partial charge on any atom is -0.289 e. The summed E-state index contributed by atoms with van der Waals surface area (Å²) in [7, 11) is 0. The Morgan fingerprint density at radius 1 is 1.06 bits per heavy atom. The second-order valence-corrected chi connectivity index (χ2v) is 4.55. The number of aromatic nitrogens is 1. The van der Waals surface area contributed by atoms with E-state index in [0.717, 1.165) is 0 Å². The molecule has 5 heteroatoms. The van der Waals surface area contributed by atoms with Crippen LogP contribution in [0.15, 0.2) is 36.5 Å². The highest BCUT2D eigenvalue weighted by Gasteiger charge is 2.13. The zero-order valence-corrected chi connectivity index (χ0v) is 10.7. The van der Waals surface area contributed by atoms with Crippen molar-refractivity contribution in [3.63, 3.8) is 0 Å². The number of ketones is 1. The number of benzene rings is 1. The molecule has 0 radical (unpaired) electrons. The molecule has 2 rings (SSSR count). The SMILES string of the molecule is O=C(c1ccnc(Cl)c1)c1cc(Cl)ccc1Cl. The third kappa shape index (κ3) is 2.78. The van der Waals surface area contributed by atoms with Crippen molar-refractivity contribution >= 4 is 40.6 Å². The van der Waals surface area contributed by atoms with Gasteiger partial charge in [-0.05, 0) is 30.3 Å². The van der Waals surface area contributed by atoms with E-state index in [9.17, 15) is 4.79 Å². The number of carbonyl (C=O) groups excluding carboxylic acids is 1. The predicted octanol–water partition coefficient (Wildman–Crippen LogP) is 4.27. The van der Waals surface area contributed by atoms with Crippen molar-refractivity contribution in [1.82, 2.24) is 4.98 Å². The van der Waals surface area contributed by atoms with E-state index >= 15 is 0 Å². The lowest BCUT2D eigenvalue weighted by molar-refractivity contribution is 0.103. The molecular formula is C12H6Cl3NO. The molecule has 0 bridgehead atoms. The largest absolute Gasteiger partial charge is 0.289 e. The van der Waals surface area contributed by atoms with Gasteiger partial charge >= 0.3 is 0 Å². The Balaban J connectivity index is 2.47. The first kappa shape index (κ1) is 12.4. The van der Waals surface area contributed by atoms with Gasteiger partial charge in [0.1, 0.15) is 5.15 Å². The van der Waals surface area contributed by atoms with Crippen LogP contribution in [0.2, 0.25) is 15.2 Å². The standard InChI is InChI=1S/C12H6Cl3NO/c13-8-1-2-10(14)9(6-8)12(17)7-3-4-16-11(15)5-7/h1-6H. The van der Waals surface area contributed by atoms with Crippen LogP contribution in [0.4, 0.5) is 0 Å². The summed E-state index contributed by atoms with van der Waals surface area (Å²) in [5.41, 5.74) is 0.774. The summed E-state index contributed by atoms with van der Waals surface area (Å²) in [5, 5.41) is 1.07. The van der Waals surface area contributed by atoms with Gasteiger partial charge in [0, 0.05) is 22.3 Å². The molecule has 0 saturated carbocycles. The fourth-order valence-electron chi connectivity index (χ4n) is 1.37. The zero-order chi connectivity index (χ0) is 12.4. The van der Waals surface area contributed by atoms with Gasteiger partial charge in [-0.15, -0.1) is 0 Å². The number of hydrogen-bond donors (Lipinski definition) is 0. The molecule has 0 aliphatic carbocycles. The van der Waals surface area contributed by atoms with Crippen molar-refractivity contribution in [3.05, 3.63) is 62.9 Å². The van der Waals surface area contributed by atoms with Crippen molar-refractivity contribution in [2.75, 3.05) is 0 Å². The fraction of sp³-hybridized carbons (Fsp3) is 0. The van der Waals surface area contributed by atoms with E-state index in [4.69, 9.17) is 34.8 Å². The van der Waals surface area contributed by atoms with Gasteiger partial charge in [-0.3, -0.25) is 4.79 Å². The highest BCUT2D eigenvalue weighted by molar-refractivity contribution is 6.37. The van der Waals surface area contributed by atoms with Gasteiger partial charge in [0.05, 0.1) is 5.02 Å². The van der Waals surface area contributed by atoms with E-state index in [1.54, 1.807) is 18.2 Å². The number of halogens is 3. The van der Waals surface area contributed by atoms with Crippen molar-refractivity contribution in [2.45, 2.75) is 0 Å². The van der Waals surface area contributed by atoms with Crippen molar-refractivity contribution < 1.29 is 4.79 Å². The maximum absolute atomic E-state index is 12.1.